The number of halogens is 2. The maximum atomic E-state index is 15.4. The molecule has 40 heavy (non-hydrogen) atoms. The van der Waals surface area contributed by atoms with E-state index in [1.54, 1.807) is 41.0 Å². The summed E-state index contributed by atoms with van der Waals surface area (Å²) in [5.41, 5.74) is 2.06. The van der Waals surface area contributed by atoms with Crippen molar-refractivity contribution in [3.63, 3.8) is 0 Å². The third-order valence-corrected chi connectivity index (χ3v) is 7.93. The summed E-state index contributed by atoms with van der Waals surface area (Å²) in [4.78, 5) is 21.4. The lowest BCUT2D eigenvalue weighted by Crippen LogP contribution is -2.39. The van der Waals surface area contributed by atoms with E-state index in [2.05, 4.69) is 4.90 Å². The highest BCUT2D eigenvalue weighted by atomic mass is 19.1. The highest BCUT2D eigenvalue weighted by Crippen LogP contribution is 2.32. The zero-order valence-electron chi connectivity index (χ0n) is 22.4. The minimum Gasteiger partial charge on any atom is -0.491 e. The Balaban J connectivity index is 1.42. The number of piperidine rings is 1. The minimum atomic E-state index is -0.544. The molecule has 2 aliphatic rings. The van der Waals surface area contributed by atoms with Crippen LogP contribution in [-0.2, 0) is 6.54 Å². The molecule has 1 saturated heterocycles. The third kappa shape index (κ3) is 5.78. The second-order valence-electron chi connectivity index (χ2n) is 11.0. The molecule has 6 rings (SSSR count). The van der Waals surface area contributed by atoms with Gasteiger partial charge in [-0.15, -0.1) is 0 Å². The van der Waals surface area contributed by atoms with Crippen molar-refractivity contribution in [1.82, 2.24) is 14.5 Å². The van der Waals surface area contributed by atoms with Gasteiger partial charge in [0.1, 0.15) is 29.8 Å². The molecule has 1 aliphatic heterocycles. The van der Waals surface area contributed by atoms with Crippen LogP contribution in [0, 0.1) is 23.5 Å². The summed E-state index contributed by atoms with van der Waals surface area (Å²) in [6.07, 6.45) is 4.67. The summed E-state index contributed by atoms with van der Waals surface area (Å²) in [5, 5.41) is 9.48. The lowest BCUT2D eigenvalue weighted by atomic mass is 9.97. The lowest BCUT2D eigenvalue weighted by Gasteiger charge is -2.33. The molecule has 1 aromatic heterocycles. The van der Waals surface area contributed by atoms with Gasteiger partial charge in [0, 0.05) is 25.7 Å². The van der Waals surface area contributed by atoms with Gasteiger partial charge in [-0.1, -0.05) is 18.2 Å². The van der Waals surface area contributed by atoms with Crippen LogP contribution < -0.4 is 10.3 Å². The summed E-state index contributed by atoms with van der Waals surface area (Å²) in [6, 6.07) is 16.0. The number of likely N-dealkylation sites (tertiary alicyclic amines) is 1. The van der Waals surface area contributed by atoms with E-state index < -0.39 is 5.82 Å². The summed E-state index contributed by atoms with van der Waals surface area (Å²) in [5.74, 6) is 0.770. The second kappa shape index (κ2) is 11.5. The molecule has 1 saturated carbocycles. The highest BCUT2D eigenvalue weighted by Gasteiger charge is 2.29. The normalized spacial score (nSPS) is 17.8. The molecule has 8 heteroatoms. The van der Waals surface area contributed by atoms with E-state index in [0.717, 1.165) is 49.5 Å². The van der Waals surface area contributed by atoms with Crippen molar-refractivity contribution in [2.24, 2.45) is 11.8 Å². The predicted molar refractivity (Wildman–Crippen MR) is 151 cm³/mol. The first-order valence-electron chi connectivity index (χ1n) is 14.0. The third-order valence-electron chi connectivity index (χ3n) is 7.93. The molecule has 0 amide bonds. The molecule has 1 N–H and O–H groups in total. The largest absolute Gasteiger partial charge is 0.491 e. The Morgan fingerprint density at radius 1 is 0.925 bits per heavy atom. The lowest BCUT2D eigenvalue weighted by molar-refractivity contribution is 0.156. The van der Waals surface area contributed by atoms with Crippen molar-refractivity contribution in [3.8, 4) is 28.3 Å². The van der Waals surface area contributed by atoms with Crippen LogP contribution in [0.3, 0.4) is 0 Å². The van der Waals surface area contributed by atoms with Gasteiger partial charge in [-0.05, 0) is 91.6 Å². The molecule has 1 unspecified atom stereocenters. The summed E-state index contributed by atoms with van der Waals surface area (Å²) in [6.45, 7) is 3.43. The van der Waals surface area contributed by atoms with Crippen LogP contribution in [0.4, 0.5) is 8.78 Å². The average molecular weight is 546 g/mol. The summed E-state index contributed by atoms with van der Waals surface area (Å²) < 4.78 is 36.0. The summed E-state index contributed by atoms with van der Waals surface area (Å²) in [7, 11) is 0. The Kier molecular flexibility index (Phi) is 7.63. The van der Waals surface area contributed by atoms with Gasteiger partial charge in [0.2, 0.25) is 0 Å². The fourth-order valence-corrected chi connectivity index (χ4v) is 5.74. The fourth-order valence-electron chi connectivity index (χ4n) is 5.74. The number of hydrogen-bond donors (Lipinski definition) is 1. The molecule has 3 aromatic carbocycles. The monoisotopic (exact) mass is 545 g/mol. The first-order chi connectivity index (χ1) is 19.5. The fraction of sp³-hybridized carbons (Fsp3) is 0.375. The van der Waals surface area contributed by atoms with Gasteiger partial charge in [-0.25, -0.2) is 13.8 Å². The molecule has 1 aliphatic carbocycles. The zero-order valence-corrected chi connectivity index (χ0v) is 22.4. The number of ether oxygens (including phenoxy) is 1. The van der Waals surface area contributed by atoms with Crippen LogP contribution in [0.15, 0.2) is 65.5 Å². The topological polar surface area (TPSA) is 67.6 Å². The zero-order chi connectivity index (χ0) is 27.6. The molecule has 0 spiro atoms. The maximum absolute atomic E-state index is 15.4. The molecular weight excluding hydrogens is 512 g/mol. The van der Waals surface area contributed by atoms with Crippen molar-refractivity contribution in [3.05, 3.63) is 82.7 Å². The van der Waals surface area contributed by atoms with Crippen LogP contribution in [0.5, 0.6) is 5.75 Å². The number of aromatic nitrogens is 2. The van der Waals surface area contributed by atoms with Crippen molar-refractivity contribution in [2.75, 3.05) is 32.8 Å². The molecule has 208 valence electrons. The van der Waals surface area contributed by atoms with Gasteiger partial charge in [-0.2, -0.15) is 0 Å². The minimum absolute atomic E-state index is 0.0626. The van der Waals surface area contributed by atoms with Gasteiger partial charge in [-0.3, -0.25) is 9.36 Å². The van der Waals surface area contributed by atoms with Crippen LogP contribution in [-0.4, -0.2) is 52.4 Å². The molecule has 0 bridgehead atoms. The molecule has 6 nitrogen and oxygen atoms in total. The van der Waals surface area contributed by atoms with Crippen LogP contribution in [0.2, 0.25) is 0 Å². The van der Waals surface area contributed by atoms with Gasteiger partial charge in [0.25, 0.3) is 5.56 Å². The predicted octanol–water partition coefficient (Wildman–Crippen LogP) is 5.50. The van der Waals surface area contributed by atoms with Crippen LogP contribution in [0.1, 0.15) is 25.7 Å². The average Bonchev–Trinajstić information content (AvgIpc) is 3.78. The van der Waals surface area contributed by atoms with E-state index in [9.17, 15) is 9.18 Å². The Labute approximate surface area is 231 Å². The first-order valence-corrected chi connectivity index (χ1v) is 14.0. The van der Waals surface area contributed by atoms with Crippen molar-refractivity contribution in [1.29, 1.82) is 0 Å². The van der Waals surface area contributed by atoms with Gasteiger partial charge < -0.3 is 14.7 Å². The van der Waals surface area contributed by atoms with Crippen LogP contribution >= 0.6 is 0 Å². The standard InChI is InChI=1S/C32H33F2N3O3/c33-25-8-5-23(6-9-25)24-7-12-30-28(16-24)32(39)37(20-22-2-1-13-36(19-22)18-21-3-4-21)31(35-30)27-11-10-26(17-29(27)34)40-15-14-38/h5-12,16-17,21-22,38H,1-4,13-15,18-20H2. The van der Waals surface area contributed by atoms with E-state index in [0.29, 0.717) is 23.2 Å². The number of hydrogen-bond acceptors (Lipinski definition) is 5. The highest BCUT2D eigenvalue weighted by molar-refractivity contribution is 5.85. The molecule has 1 atom stereocenters. The van der Waals surface area contributed by atoms with E-state index >= 15 is 4.39 Å². The summed E-state index contributed by atoms with van der Waals surface area (Å²) >= 11 is 0. The number of nitrogens with zero attached hydrogens (tertiary/aromatic N) is 3. The maximum Gasteiger partial charge on any atom is 0.261 e. The van der Waals surface area contributed by atoms with Crippen molar-refractivity contribution < 1.29 is 18.6 Å². The molecule has 4 aromatic rings. The van der Waals surface area contributed by atoms with E-state index in [-0.39, 0.29) is 41.9 Å². The van der Waals surface area contributed by atoms with Gasteiger partial charge in [0.15, 0.2) is 0 Å². The molecule has 0 radical (unpaired) electrons. The van der Waals surface area contributed by atoms with Crippen molar-refractivity contribution in [2.45, 2.75) is 32.2 Å². The number of benzene rings is 3. The van der Waals surface area contributed by atoms with Gasteiger partial charge >= 0.3 is 0 Å². The van der Waals surface area contributed by atoms with E-state index in [1.807, 2.05) is 6.07 Å². The quantitative estimate of drug-likeness (QED) is 0.301. The second-order valence-corrected chi connectivity index (χ2v) is 11.0. The van der Waals surface area contributed by atoms with E-state index in [4.69, 9.17) is 14.8 Å². The number of aliphatic hydroxyl groups excluding tert-OH is 1. The number of rotatable bonds is 9. The van der Waals surface area contributed by atoms with E-state index in [1.165, 1.54) is 31.0 Å². The Morgan fingerprint density at radius 3 is 2.48 bits per heavy atom. The number of fused-ring (bicyclic) bond motifs is 1. The Morgan fingerprint density at radius 2 is 1.73 bits per heavy atom. The Hall–Kier alpha value is -3.62. The molecular formula is C32H33F2N3O3. The van der Waals surface area contributed by atoms with Crippen molar-refractivity contribution >= 4 is 10.9 Å². The van der Waals surface area contributed by atoms with Crippen LogP contribution in [0.25, 0.3) is 33.4 Å². The van der Waals surface area contributed by atoms with Gasteiger partial charge in [0.05, 0.1) is 23.1 Å². The number of aliphatic hydroxyl groups is 1. The first kappa shape index (κ1) is 26.6. The molecule has 2 fully saturated rings. The smallest absolute Gasteiger partial charge is 0.261 e. The molecule has 2 heterocycles. The Bertz CT molecular complexity index is 1570. The SMILES string of the molecule is O=c1c2cc(-c3ccc(F)cc3)ccc2nc(-c2ccc(OCCO)cc2F)n1CC1CCCN(CC2CC2)C1.